The maximum atomic E-state index is 13.0. The van der Waals surface area contributed by atoms with Gasteiger partial charge in [-0.1, -0.05) is 25.1 Å². The Hall–Kier alpha value is -3.94. The fourth-order valence-electron chi connectivity index (χ4n) is 3.77. The van der Waals surface area contributed by atoms with Gasteiger partial charge in [0.15, 0.2) is 0 Å². The number of carboxylic acid groups (broad SMARTS) is 1. The first-order valence-electron chi connectivity index (χ1n) is 9.80. The van der Waals surface area contributed by atoms with Crippen LogP contribution < -0.4 is 15.0 Å². The highest BCUT2D eigenvalue weighted by Gasteiger charge is 2.27. The van der Waals surface area contributed by atoms with Crippen LogP contribution in [0.5, 0.6) is 5.75 Å². The van der Waals surface area contributed by atoms with Crippen LogP contribution in [0.15, 0.2) is 48.7 Å². The Bertz CT molecular complexity index is 1180. The standard InChI is InChI=1S/C23H22N4O4/c1-13-10-17-19(27(2)21(28)16-7-5-4-6-15(13)16)12-24-23(25-17)26-18-11-14(22(29)30)8-9-20(18)31-3/h4-9,11-13H,10H2,1-3H3,(H,29,30)(H,24,25,26). The first-order chi connectivity index (χ1) is 14.9. The molecule has 2 heterocycles. The number of rotatable bonds is 4. The molecule has 1 aliphatic heterocycles. The lowest BCUT2D eigenvalue weighted by atomic mass is 9.89. The Kier molecular flexibility index (Phi) is 5.29. The number of hydrogen-bond acceptors (Lipinski definition) is 6. The molecule has 2 aromatic carbocycles. The number of carbonyl (C=O) groups is 2. The van der Waals surface area contributed by atoms with Crippen molar-refractivity contribution in [2.45, 2.75) is 19.3 Å². The number of carbonyl (C=O) groups excluding carboxylic acids is 1. The van der Waals surface area contributed by atoms with E-state index in [2.05, 4.69) is 22.2 Å². The van der Waals surface area contributed by atoms with Crippen LogP contribution in [0.25, 0.3) is 0 Å². The number of aromatic nitrogens is 2. The van der Waals surface area contributed by atoms with Gasteiger partial charge in [-0.15, -0.1) is 0 Å². The number of methoxy groups -OCH3 is 1. The molecular formula is C23H22N4O4. The van der Waals surface area contributed by atoms with Gasteiger partial charge in [0.1, 0.15) is 5.75 Å². The minimum Gasteiger partial charge on any atom is -0.495 e. The van der Waals surface area contributed by atoms with Gasteiger partial charge >= 0.3 is 5.97 Å². The zero-order chi connectivity index (χ0) is 22.1. The van der Waals surface area contributed by atoms with E-state index in [1.54, 1.807) is 24.2 Å². The van der Waals surface area contributed by atoms with Crippen LogP contribution in [-0.2, 0) is 6.42 Å². The third kappa shape index (κ3) is 3.79. The lowest BCUT2D eigenvalue weighted by Gasteiger charge is -2.27. The molecule has 31 heavy (non-hydrogen) atoms. The molecule has 1 atom stereocenters. The van der Waals surface area contributed by atoms with Crippen molar-refractivity contribution in [1.82, 2.24) is 9.97 Å². The third-order valence-corrected chi connectivity index (χ3v) is 5.43. The van der Waals surface area contributed by atoms with E-state index in [1.165, 1.54) is 19.2 Å². The van der Waals surface area contributed by atoms with Gasteiger partial charge in [0, 0.05) is 12.6 Å². The Labute approximate surface area is 179 Å². The van der Waals surface area contributed by atoms with E-state index in [0.29, 0.717) is 35.1 Å². The molecule has 8 nitrogen and oxygen atoms in total. The lowest BCUT2D eigenvalue weighted by Crippen LogP contribution is -2.31. The van der Waals surface area contributed by atoms with Crippen molar-refractivity contribution < 1.29 is 19.4 Å². The van der Waals surface area contributed by atoms with Crippen LogP contribution in [-0.4, -0.2) is 41.1 Å². The van der Waals surface area contributed by atoms with E-state index in [-0.39, 0.29) is 17.4 Å². The molecule has 0 saturated heterocycles. The van der Waals surface area contributed by atoms with Crippen molar-refractivity contribution in [2.24, 2.45) is 0 Å². The molecule has 0 radical (unpaired) electrons. The predicted molar refractivity (Wildman–Crippen MR) is 117 cm³/mol. The van der Waals surface area contributed by atoms with E-state index in [4.69, 9.17) is 4.74 Å². The zero-order valence-corrected chi connectivity index (χ0v) is 17.4. The number of benzene rings is 2. The summed E-state index contributed by atoms with van der Waals surface area (Å²) in [5.74, 6) is -0.308. The minimum absolute atomic E-state index is 0.0835. The molecule has 3 aromatic rings. The van der Waals surface area contributed by atoms with Gasteiger partial charge < -0.3 is 20.1 Å². The average Bonchev–Trinajstić information content (AvgIpc) is 2.77. The zero-order valence-electron chi connectivity index (χ0n) is 17.4. The highest BCUT2D eigenvalue weighted by molar-refractivity contribution is 6.07. The first-order valence-corrected chi connectivity index (χ1v) is 9.80. The van der Waals surface area contributed by atoms with Crippen LogP contribution >= 0.6 is 0 Å². The second-order valence-corrected chi connectivity index (χ2v) is 7.43. The molecule has 0 aliphatic carbocycles. The molecule has 0 spiro atoms. The SMILES string of the molecule is COc1ccc(C(=O)O)cc1Nc1ncc2c(n1)CC(C)c1ccccc1C(=O)N2C. The quantitative estimate of drug-likeness (QED) is 0.663. The fourth-order valence-corrected chi connectivity index (χ4v) is 3.77. The minimum atomic E-state index is -1.04. The van der Waals surface area contributed by atoms with Gasteiger partial charge in [-0.2, -0.15) is 0 Å². The number of aromatic carboxylic acids is 1. The molecule has 1 amide bonds. The van der Waals surface area contributed by atoms with E-state index >= 15 is 0 Å². The van der Waals surface area contributed by atoms with Crippen LogP contribution in [0.2, 0.25) is 0 Å². The Balaban J connectivity index is 1.72. The summed E-state index contributed by atoms with van der Waals surface area (Å²) in [7, 11) is 3.21. The molecule has 1 aromatic heterocycles. The molecule has 4 rings (SSSR count). The number of anilines is 3. The molecule has 1 aliphatic rings. The maximum absolute atomic E-state index is 13.0. The van der Waals surface area contributed by atoms with Crippen molar-refractivity contribution in [1.29, 1.82) is 0 Å². The van der Waals surface area contributed by atoms with Crippen molar-refractivity contribution in [3.8, 4) is 5.75 Å². The van der Waals surface area contributed by atoms with Crippen molar-refractivity contribution in [3.05, 3.63) is 71.0 Å². The summed E-state index contributed by atoms with van der Waals surface area (Å²) in [6.07, 6.45) is 2.23. The number of hydrogen-bond donors (Lipinski definition) is 2. The van der Waals surface area contributed by atoms with Gasteiger partial charge in [0.05, 0.1) is 35.9 Å². The highest BCUT2D eigenvalue weighted by atomic mass is 16.5. The molecule has 0 saturated carbocycles. The summed E-state index contributed by atoms with van der Waals surface area (Å²) in [6.45, 7) is 2.07. The van der Waals surface area contributed by atoms with E-state index in [1.807, 2.05) is 24.3 Å². The number of nitrogens with one attached hydrogen (secondary N) is 1. The van der Waals surface area contributed by atoms with Crippen LogP contribution in [0.3, 0.4) is 0 Å². The number of carboxylic acids is 1. The molecule has 8 heteroatoms. The topological polar surface area (TPSA) is 105 Å². The molecule has 2 N–H and O–H groups in total. The highest BCUT2D eigenvalue weighted by Crippen LogP contribution is 2.33. The van der Waals surface area contributed by atoms with Crippen LogP contribution in [0.1, 0.15) is 44.8 Å². The van der Waals surface area contributed by atoms with Crippen molar-refractivity contribution in [2.75, 3.05) is 24.4 Å². The number of ether oxygens (including phenoxy) is 1. The number of fused-ring (bicyclic) bond motifs is 2. The summed E-state index contributed by atoms with van der Waals surface area (Å²) in [5, 5.41) is 12.3. The molecular weight excluding hydrogens is 396 g/mol. The van der Waals surface area contributed by atoms with Gasteiger partial charge in [-0.25, -0.2) is 14.8 Å². The Morgan fingerprint density at radius 2 is 2.03 bits per heavy atom. The molecule has 0 bridgehead atoms. The van der Waals surface area contributed by atoms with Gasteiger partial charge in [0.2, 0.25) is 5.95 Å². The predicted octanol–water partition coefficient (Wildman–Crippen LogP) is 3.86. The van der Waals surface area contributed by atoms with Gasteiger partial charge in [0.25, 0.3) is 5.91 Å². The number of nitrogens with zero attached hydrogens (tertiary/aromatic N) is 3. The van der Waals surface area contributed by atoms with Gasteiger partial charge in [-0.05, 0) is 42.2 Å². The molecule has 1 unspecified atom stereocenters. The van der Waals surface area contributed by atoms with Crippen molar-refractivity contribution in [3.63, 3.8) is 0 Å². The largest absolute Gasteiger partial charge is 0.495 e. The monoisotopic (exact) mass is 418 g/mol. The first kappa shape index (κ1) is 20.3. The summed E-state index contributed by atoms with van der Waals surface area (Å²) in [4.78, 5) is 34.9. The van der Waals surface area contributed by atoms with E-state index < -0.39 is 5.97 Å². The van der Waals surface area contributed by atoms with Crippen LogP contribution in [0, 0.1) is 0 Å². The Morgan fingerprint density at radius 3 is 2.77 bits per heavy atom. The maximum Gasteiger partial charge on any atom is 0.335 e. The Morgan fingerprint density at radius 1 is 1.26 bits per heavy atom. The fraction of sp³-hybridized carbons (Fsp3) is 0.217. The summed E-state index contributed by atoms with van der Waals surface area (Å²) >= 11 is 0. The summed E-state index contributed by atoms with van der Waals surface area (Å²) < 4.78 is 5.32. The van der Waals surface area contributed by atoms with Crippen LogP contribution in [0.4, 0.5) is 17.3 Å². The lowest BCUT2D eigenvalue weighted by molar-refractivity contribution is 0.0696. The average molecular weight is 418 g/mol. The molecule has 158 valence electrons. The number of amides is 1. The van der Waals surface area contributed by atoms with Crippen molar-refractivity contribution >= 4 is 29.2 Å². The summed E-state index contributed by atoms with van der Waals surface area (Å²) in [6, 6.07) is 12.1. The second kappa shape index (κ2) is 8.06. The van der Waals surface area contributed by atoms with E-state index in [9.17, 15) is 14.7 Å². The molecule has 0 fully saturated rings. The third-order valence-electron chi connectivity index (χ3n) is 5.43. The normalized spacial score (nSPS) is 15.4. The second-order valence-electron chi connectivity index (χ2n) is 7.43. The van der Waals surface area contributed by atoms with Gasteiger partial charge in [-0.3, -0.25) is 4.79 Å². The smallest absolute Gasteiger partial charge is 0.335 e. The van der Waals surface area contributed by atoms with E-state index in [0.717, 1.165) is 11.3 Å². The summed E-state index contributed by atoms with van der Waals surface area (Å²) in [5.41, 5.74) is 3.59.